The molecule has 1 atom stereocenters. The van der Waals surface area contributed by atoms with Crippen LogP contribution in [-0.4, -0.2) is 51.2 Å². The van der Waals surface area contributed by atoms with Gasteiger partial charge in [-0.05, 0) is 45.1 Å². The summed E-state index contributed by atoms with van der Waals surface area (Å²) >= 11 is 9.23. The number of aromatic nitrogens is 2. The Morgan fingerprint density at radius 2 is 2.10 bits per heavy atom. The summed E-state index contributed by atoms with van der Waals surface area (Å²) in [5.74, 6) is -0.126. The molecule has 1 N–H and O–H groups in total. The maximum atomic E-state index is 14.6. The van der Waals surface area contributed by atoms with E-state index in [0.29, 0.717) is 17.7 Å². The lowest BCUT2D eigenvalue weighted by Gasteiger charge is -2.55. The highest BCUT2D eigenvalue weighted by Crippen LogP contribution is 2.43. The van der Waals surface area contributed by atoms with Crippen molar-refractivity contribution in [2.24, 2.45) is 5.41 Å². The van der Waals surface area contributed by atoms with E-state index in [1.54, 1.807) is 12.1 Å². The minimum atomic E-state index is -1.07. The van der Waals surface area contributed by atoms with E-state index in [4.69, 9.17) is 11.6 Å². The van der Waals surface area contributed by atoms with Crippen molar-refractivity contribution in [3.8, 4) is 6.07 Å². The molecule has 1 unspecified atom stereocenters. The minimum absolute atomic E-state index is 0.00988. The van der Waals surface area contributed by atoms with E-state index in [9.17, 15) is 19.6 Å². The first-order valence-corrected chi connectivity index (χ1v) is 10.1. The van der Waals surface area contributed by atoms with Gasteiger partial charge in [0.15, 0.2) is 5.82 Å². The monoisotopic (exact) mass is 483 g/mol. The fourth-order valence-corrected chi connectivity index (χ4v) is 4.38. The lowest BCUT2D eigenvalue weighted by molar-refractivity contribution is -0.00275. The second kappa shape index (κ2) is 7.58. The zero-order valence-corrected chi connectivity index (χ0v) is 18.6. The van der Waals surface area contributed by atoms with Gasteiger partial charge < -0.3 is 10.0 Å². The van der Waals surface area contributed by atoms with Crippen molar-refractivity contribution >= 4 is 50.3 Å². The molecule has 1 aromatic carbocycles. The molecule has 3 rings (SSSR count). The number of carbonyl (C=O) groups is 1. The zero-order chi connectivity index (χ0) is 21.6. The average molecular weight is 485 g/mol. The Balaban J connectivity index is 2.18. The predicted molar refractivity (Wildman–Crippen MR) is 112 cm³/mol. The molecule has 0 aliphatic carbocycles. The first-order valence-electron chi connectivity index (χ1n) is 8.95. The molecule has 2 heterocycles. The van der Waals surface area contributed by atoms with Crippen LogP contribution in [0, 0.1) is 22.6 Å². The molecule has 7 nitrogen and oxygen atoms in total. The minimum Gasteiger partial charge on any atom is -0.465 e. The molecular weight excluding hydrogens is 465 g/mol. The predicted octanol–water partition coefficient (Wildman–Crippen LogP) is 4.68. The van der Waals surface area contributed by atoms with Crippen LogP contribution in [0.2, 0.25) is 5.28 Å². The van der Waals surface area contributed by atoms with Gasteiger partial charge in [0.05, 0.1) is 22.5 Å². The Kier molecular flexibility index (Phi) is 5.62. The van der Waals surface area contributed by atoms with Crippen molar-refractivity contribution < 1.29 is 14.3 Å². The maximum Gasteiger partial charge on any atom is 0.407 e. The van der Waals surface area contributed by atoms with Crippen LogP contribution >= 0.6 is 27.5 Å². The number of halogens is 3. The van der Waals surface area contributed by atoms with Crippen LogP contribution in [0.5, 0.6) is 0 Å². The van der Waals surface area contributed by atoms with E-state index >= 15 is 0 Å². The third-order valence-corrected chi connectivity index (χ3v) is 6.35. The summed E-state index contributed by atoms with van der Waals surface area (Å²) in [6.07, 6.45) is -1.06. The van der Waals surface area contributed by atoms with Gasteiger partial charge in [-0.3, -0.25) is 4.90 Å². The van der Waals surface area contributed by atoms with Crippen molar-refractivity contribution in [2.45, 2.75) is 32.7 Å². The first kappa shape index (κ1) is 21.5. The van der Waals surface area contributed by atoms with E-state index in [2.05, 4.69) is 32.0 Å². The topological polar surface area (TPSA) is 93.4 Å². The van der Waals surface area contributed by atoms with E-state index in [-0.39, 0.29) is 34.8 Å². The number of nitrogens with zero attached hydrogens (tertiary/aromatic N) is 5. The van der Waals surface area contributed by atoms with E-state index in [1.807, 2.05) is 25.7 Å². The number of amides is 1. The van der Waals surface area contributed by atoms with Crippen LogP contribution in [0.25, 0.3) is 10.9 Å². The summed E-state index contributed by atoms with van der Waals surface area (Å²) in [4.78, 5) is 23.5. The second-order valence-electron chi connectivity index (χ2n) is 8.05. The SMILES string of the molecule is CC(C)(C)C1(CC#N)CN(c2nc(Cl)nc3c(F)c(Br)ccc23)CCN1C(=O)O. The Labute approximate surface area is 181 Å². The molecule has 10 heteroatoms. The molecule has 1 saturated heterocycles. The van der Waals surface area contributed by atoms with Crippen molar-refractivity contribution in [1.82, 2.24) is 14.9 Å². The summed E-state index contributed by atoms with van der Waals surface area (Å²) in [5, 5.41) is 19.7. The van der Waals surface area contributed by atoms with Crippen LogP contribution in [0.4, 0.5) is 15.0 Å². The quantitative estimate of drug-likeness (QED) is 0.622. The van der Waals surface area contributed by atoms with Crippen LogP contribution < -0.4 is 4.90 Å². The molecule has 2 aromatic rings. The van der Waals surface area contributed by atoms with Gasteiger partial charge in [0, 0.05) is 25.0 Å². The third-order valence-electron chi connectivity index (χ3n) is 5.57. The Bertz CT molecular complexity index is 1020. The highest BCUT2D eigenvalue weighted by molar-refractivity contribution is 9.10. The Morgan fingerprint density at radius 3 is 2.69 bits per heavy atom. The van der Waals surface area contributed by atoms with E-state index in [1.165, 1.54) is 4.90 Å². The third kappa shape index (κ3) is 3.60. The molecule has 154 valence electrons. The molecule has 29 heavy (non-hydrogen) atoms. The number of hydrogen-bond donors (Lipinski definition) is 1. The number of fused-ring (bicyclic) bond motifs is 1. The van der Waals surface area contributed by atoms with Gasteiger partial charge in [-0.1, -0.05) is 20.8 Å². The number of rotatable bonds is 2. The van der Waals surface area contributed by atoms with Crippen LogP contribution in [0.1, 0.15) is 27.2 Å². The van der Waals surface area contributed by atoms with E-state index < -0.39 is 22.9 Å². The van der Waals surface area contributed by atoms with Gasteiger partial charge in [0.25, 0.3) is 0 Å². The van der Waals surface area contributed by atoms with Crippen molar-refractivity contribution in [3.05, 3.63) is 27.7 Å². The number of anilines is 1. The molecule has 1 aliphatic rings. The first-order chi connectivity index (χ1) is 13.5. The molecule has 1 aliphatic heterocycles. The summed E-state index contributed by atoms with van der Waals surface area (Å²) in [6.45, 7) is 6.45. The lowest BCUT2D eigenvalue weighted by Crippen LogP contribution is -2.69. The Morgan fingerprint density at radius 1 is 1.41 bits per heavy atom. The van der Waals surface area contributed by atoms with Gasteiger partial charge in [-0.2, -0.15) is 10.2 Å². The summed E-state index contributed by atoms with van der Waals surface area (Å²) in [5.41, 5.74) is -1.44. The van der Waals surface area contributed by atoms with Crippen molar-refractivity contribution in [3.63, 3.8) is 0 Å². The molecule has 1 amide bonds. The van der Waals surface area contributed by atoms with Crippen LogP contribution in [0.15, 0.2) is 16.6 Å². The molecule has 0 spiro atoms. The largest absolute Gasteiger partial charge is 0.465 e. The molecule has 0 saturated carbocycles. The van der Waals surface area contributed by atoms with Crippen molar-refractivity contribution in [1.29, 1.82) is 5.26 Å². The normalized spacial score (nSPS) is 20.0. The molecule has 1 fully saturated rings. The maximum absolute atomic E-state index is 14.6. The van der Waals surface area contributed by atoms with Crippen LogP contribution in [0.3, 0.4) is 0 Å². The summed E-state index contributed by atoms with van der Waals surface area (Å²) < 4.78 is 14.9. The molecule has 0 radical (unpaired) electrons. The number of carboxylic acid groups (broad SMARTS) is 1. The summed E-state index contributed by atoms with van der Waals surface area (Å²) in [6, 6.07) is 5.41. The fourth-order valence-electron chi connectivity index (χ4n) is 3.90. The number of nitriles is 1. The number of hydrogen-bond acceptors (Lipinski definition) is 5. The number of benzene rings is 1. The van der Waals surface area contributed by atoms with Gasteiger partial charge in [0.2, 0.25) is 5.28 Å². The second-order valence-corrected chi connectivity index (χ2v) is 9.24. The summed E-state index contributed by atoms with van der Waals surface area (Å²) in [7, 11) is 0. The van der Waals surface area contributed by atoms with Gasteiger partial charge >= 0.3 is 6.09 Å². The molecule has 1 aromatic heterocycles. The lowest BCUT2D eigenvalue weighted by atomic mass is 9.69. The Hall–Kier alpha value is -2.18. The fraction of sp³-hybridized carbons (Fsp3) is 0.474. The zero-order valence-electron chi connectivity index (χ0n) is 16.2. The average Bonchev–Trinajstić information content (AvgIpc) is 2.63. The number of piperazine rings is 1. The van der Waals surface area contributed by atoms with Gasteiger partial charge in [-0.25, -0.2) is 14.2 Å². The van der Waals surface area contributed by atoms with Gasteiger partial charge in [0.1, 0.15) is 11.3 Å². The van der Waals surface area contributed by atoms with Crippen molar-refractivity contribution in [2.75, 3.05) is 24.5 Å². The smallest absolute Gasteiger partial charge is 0.407 e. The molecule has 0 bridgehead atoms. The standard InChI is InChI=1S/C19H20BrClFN5O2/c1-18(2,3)19(6-7-23)10-26(8-9-27(19)17(28)29)15-11-4-5-12(20)13(22)14(11)24-16(21)25-15/h4-5H,6,8-10H2,1-3H3,(H,28,29). The van der Waals surface area contributed by atoms with Gasteiger partial charge in [-0.15, -0.1) is 0 Å². The van der Waals surface area contributed by atoms with E-state index in [0.717, 1.165) is 0 Å². The highest BCUT2D eigenvalue weighted by atomic mass is 79.9. The van der Waals surface area contributed by atoms with Crippen LogP contribution in [-0.2, 0) is 0 Å². The highest BCUT2D eigenvalue weighted by Gasteiger charge is 2.52. The molecular formula is C19H20BrClFN5O2.